The molecule has 0 heterocycles. The summed E-state index contributed by atoms with van der Waals surface area (Å²) in [5, 5.41) is 9.24. The number of nitrogens with zero attached hydrogens (tertiary/aromatic N) is 1. The Morgan fingerprint density at radius 3 is 2.26 bits per heavy atom. The van der Waals surface area contributed by atoms with Crippen molar-refractivity contribution < 1.29 is 9.50 Å². The number of rotatable bonds is 3. The zero-order valence-corrected chi connectivity index (χ0v) is 11.1. The first-order chi connectivity index (χ1) is 8.99. The van der Waals surface area contributed by atoms with Crippen molar-refractivity contribution in [2.75, 3.05) is 11.9 Å². The average Bonchev–Trinajstić information content (AvgIpc) is 2.38. The molecule has 19 heavy (non-hydrogen) atoms. The van der Waals surface area contributed by atoms with E-state index in [1.807, 2.05) is 7.05 Å². The molecule has 2 aromatic carbocycles. The minimum Gasteiger partial charge on any atom is -0.508 e. The molecule has 0 bridgehead atoms. The summed E-state index contributed by atoms with van der Waals surface area (Å²) in [5.74, 6) is -0.261. The van der Waals surface area contributed by atoms with E-state index < -0.39 is 5.82 Å². The molecule has 0 aliphatic heterocycles. The molecule has 0 unspecified atom stereocenters. The number of thiocarbonyl (C=S) groups is 1. The molecule has 0 atom stereocenters. The highest BCUT2D eigenvalue weighted by atomic mass is 32.1. The van der Waals surface area contributed by atoms with Gasteiger partial charge in [0.2, 0.25) is 0 Å². The monoisotopic (exact) mass is 276 g/mol. The molecule has 0 aromatic heterocycles. The van der Waals surface area contributed by atoms with Crippen molar-refractivity contribution in [1.29, 1.82) is 0 Å². The lowest BCUT2D eigenvalue weighted by atomic mass is 10.1. The van der Waals surface area contributed by atoms with Crippen LogP contribution in [-0.2, 0) is 0 Å². The Bertz CT molecular complexity index is 613. The fourth-order valence-electron chi connectivity index (χ4n) is 1.74. The SMILES string of the molecule is CN(c1ccc(O)cc1)c1ccc(C(N)=S)c(F)c1. The third kappa shape index (κ3) is 2.82. The average molecular weight is 276 g/mol. The second-order valence-electron chi connectivity index (χ2n) is 4.10. The molecule has 0 fully saturated rings. The summed E-state index contributed by atoms with van der Waals surface area (Å²) in [6.07, 6.45) is 0. The molecule has 5 heteroatoms. The number of halogens is 1. The quantitative estimate of drug-likeness (QED) is 0.846. The van der Waals surface area contributed by atoms with Crippen LogP contribution in [0.2, 0.25) is 0 Å². The van der Waals surface area contributed by atoms with Crippen molar-refractivity contribution in [2.45, 2.75) is 0 Å². The molecule has 0 saturated heterocycles. The van der Waals surface area contributed by atoms with E-state index in [0.29, 0.717) is 5.69 Å². The predicted molar refractivity (Wildman–Crippen MR) is 78.5 cm³/mol. The Balaban J connectivity index is 2.34. The summed E-state index contributed by atoms with van der Waals surface area (Å²) >= 11 is 4.76. The summed E-state index contributed by atoms with van der Waals surface area (Å²) in [7, 11) is 1.81. The van der Waals surface area contributed by atoms with Gasteiger partial charge in [-0.1, -0.05) is 12.2 Å². The summed E-state index contributed by atoms with van der Waals surface area (Å²) in [4.78, 5) is 1.84. The van der Waals surface area contributed by atoms with Gasteiger partial charge < -0.3 is 15.7 Å². The van der Waals surface area contributed by atoms with Crippen LogP contribution >= 0.6 is 12.2 Å². The summed E-state index contributed by atoms with van der Waals surface area (Å²) < 4.78 is 13.8. The van der Waals surface area contributed by atoms with E-state index in [1.165, 1.54) is 6.07 Å². The molecule has 0 radical (unpaired) electrons. The van der Waals surface area contributed by atoms with Crippen molar-refractivity contribution in [2.24, 2.45) is 5.73 Å². The van der Waals surface area contributed by atoms with Gasteiger partial charge in [-0.2, -0.15) is 0 Å². The lowest BCUT2D eigenvalue weighted by Gasteiger charge is -2.20. The van der Waals surface area contributed by atoms with E-state index in [0.717, 1.165) is 5.69 Å². The molecule has 0 aliphatic rings. The van der Waals surface area contributed by atoms with Crippen LogP contribution in [0.4, 0.5) is 15.8 Å². The number of phenolic OH excluding ortho intramolecular Hbond substituents is 1. The molecule has 98 valence electrons. The second-order valence-corrected chi connectivity index (χ2v) is 4.54. The van der Waals surface area contributed by atoms with E-state index in [4.69, 9.17) is 18.0 Å². The van der Waals surface area contributed by atoms with Gasteiger partial charge in [-0.15, -0.1) is 0 Å². The van der Waals surface area contributed by atoms with Crippen molar-refractivity contribution in [1.82, 2.24) is 0 Å². The van der Waals surface area contributed by atoms with Crippen LogP contribution in [0.1, 0.15) is 5.56 Å². The van der Waals surface area contributed by atoms with Crippen molar-refractivity contribution in [3.63, 3.8) is 0 Å². The zero-order chi connectivity index (χ0) is 14.0. The van der Waals surface area contributed by atoms with Gasteiger partial charge in [0.25, 0.3) is 0 Å². The fraction of sp³-hybridized carbons (Fsp3) is 0.0714. The number of phenols is 1. The molecule has 0 spiro atoms. The number of nitrogens with two attached hydrogens (primary N) is 1. The molecule has 3 N–H and O–H groups in total. The van der Waals surface area contributed by atoms with Gasteiger partial charge in [-0.05, 0) is 42.5 Å². The lowest BCUT2D eigenvalue weighted by Crippen LogP contribution is -2.14. The van der Waals surface area contributed by atoms with Crippen LogP contribution in [0.15, 0.2) is 42.5 Å². The number of hydrogen-bond donors (Lipinski definition) is 2. The van der Waals surface area contributed by atoms with E-state index in [1.54, 1.807) is 41.3 Å². The van der Waals surface area contributed by atoms with Crippen LogP contribution in [-0.4, -0.2) is 17.1 Å². The molecular weight excluding hydrogens is 263 g/mol. The topological polar surface area (TPSA) is 49.5 Å². The van der Waals surface area contributed by atoms with Crippen LogP contribution in [0.25, 0.3) is 0 Å². The van der Waals surface area contributed by atoms with Crippen LogP contribution in [0.3, 0.4) is 0 Å². The maximum atomic E-state index is 13.8. The van der Waals surface area contributed by atoms with Crippen LogP contribution < -0.4 is 10.6 Å². The molecule has 2 rings (SSSR count). The number of aromatic hydroxyl groups is 1. The molecule has 0 saturated carbocycles. The number of hydrogen-bond acceptors (Lipinski definition) is 3. The van der Waals surface area contributed by atoms with Gasteiger partial charge in [-0.25, -0.2) is 4.39 Å². The van der Waals surface area contributed by atoms with Crippen LogP contribution in [0.5, 0.6) is 5.75 Å². The predicted octanol–water partition coefficient (Wildman–Crippen LogP) is 2.93. The largest absolute Gasteiger partial charge is 0.508 e. The summed E-state index contributed by atoms with van der Waals surface area (Å²) in [5.41, 5.74) is 7.16. The van der Waals surface area contributed by atoms with Crippen molar-refractivity contribution in [3.05, 3.63) is 53.8 Å². The number of benzene rings is 2. The normalized spacial score (nSPS) is 10.2. The Labute approximate surface area is 116 Å². The first kappa shape index (κ1) is 13.3. The molecule has 2 aromatic rings. The van der Waals surface area contributed by atoms with Crippen molar-refractivity contribution in [3.8, 4) is 5.75 Å². The molecule has 0 aliphatic carbocycles. The van der Waals surface area contributed by atoms with Gasteiger partial charge in [0.1, 0.15) is 16.6 Å². The smallest absolute Gasteiger partial charge is 0.135 e. The van der Waals surface area contributed by atoms with Gasteiger partial charge in [-0.3, -0.25) is 0 Å². The molecule has 0 amide bonds. The summed E-state index contributed by atoms with van der Waals surface area (Å²) in [6.45, 7) is 0. The highest BCUT2D eigenvalue weighted by Gasteiger charge is 2.09. The Morgan fingerprint density at radius 2 is 1.74 bits per heavy atom. The van der Waals surface area contributed by atoms with Gasteiger partial charge in [0.15, 0.2) is 0 Å². The highest BCUT2D eigenvalue weighted by molar-refractivity contribution is 7.80. The fourth-order valence-corrected chi connectivity index (χ4v) is 1.90. The van der Waals surface area contributed by atoms with Gasteiger partial charge in [0, 0.05) is 24.0 Å². The van der Waals surface area contributed by atoms with E-state index in [-0.39, 0.29) is 16.3 Å². The van der Waals surface area contributed by atoms with Crippen molar-refractivity contribution >= 4 is 28.6 Å². The number of anilines is 2. The molecule has 3 nitrogen and oxygen atoms in total. The van der Waals surface area contributed by atoms with E-state index in [9.17, 15) is 9.50 Å². The lowest BCUT2D eigenvalue weighted by molar-refractivity contribution is 0.475. The highest BCUT2D eigenvalue weighted by Crippen LogP contribution is 2.26. The van der Waals surface area contributed by atoms with Crippen LogP contribution in [0, 0.1) is 5.82 Å². The van der Waals surface area contributed by atoms with E-state index in [2.05, 4.69) is 0 Å². The minimum absolute atomic E-state index is 0.0383. The second kappa shape index (κ2) is 5.24. The maximum absolute atomic E-state index is 13.8. The first-order valence-electron chi connectivity index (χ1n) is 5.61. The standard InChI is InChI=1S/C14H13FN2OS/c1-17(9-2-5-11(18)6-3-9)10-4-7-12(14(16)19)13(15)8-10/h2-8,18H,1H3,(H2,16,19). The maximum Gasteiger partial charge on any atom is 0.135 e. The Morgan fingerprint density at radius 1 is 1.16 bits per heavy atom. The van der Waals surface area contributed by atoms with E-state index >= 15 is 0 Å². The minimum atomic E-state index is -0.448. The zero-order valence-electron chi connectivity index (χ0n) is 10.3. The Kier molecular flexibility index (Phi) is 3.66. The van der Waals surface area contributed by atoms with Gasteiger partial charge in [0.05, 0.1) is 0 Å². The summed E-state index contributed by atoms with van der Waals surface area (Å²) in [6, 6.07) is 11.3. The first-order valence-corrected chi connectivity index (χ1v) is 6.02. The van der Waals surface area contributed by atoms with Gasteiger partial charge >= 0.3 is 0 Å². The Hall–Kier alpha value is -2.14. The molecular formula is C14H13FN2OS. The third-order valence-electron chi connectivity index (χ3n) is 2.84. The third-order valence-corrected chi connectivity index (χ3v) is 3.06.